The molecule has 4 aromatic carbocycles. The minimum atomic E-state index is -4.02. The van der Waals surface area contributed by atoms with E-state index in [9.17, 15) is 13.5 Å². The number of fused-ring (bicyclic) bond motifs is 5. The predicted octanol–water partition coefficient (Wildman–Crippen LogP) is 7.40. The van der Waals surface area contributed by atoms with Crippen molar-refractivity contribution in [3.8, 4) is 28.4 Å². The van der Waals surface area contributed by atoms with Gasteiger partial charge in [0.2, 0.25) is 0 Å². The lowest BCUT2D eigenvalue weighted by atomic mass is 9.80. The van der Waals surface area contributed by atoms with E-state index in [1.165, 1.54) is 17.7 Å². The average molecular weight is 572 g/mol. The van der Waals surface area contributed by atoms with Gasteiger partial charge < -0.3 is 19.9 Å². The highest BCUT2D eigenvalue weighted by Gasteiger charge is 2.35. The van der Waals surface area contributed by atoms with Gasteiger partial charge in [-0.05, 0) is 81.3 Å². The first kappa shape index (κ1) is 28.3. The van der Waals surface area contributed by atoms with Crippen molar-refractivity contribution in [2.24, 2.45) is 0 Å². The van der Waals surface area contributed by atoms with Gasteiger partial charge in [-0.2, -0.15) is 8.42 Å². The number of methoxy groups -OCH3 is 1. The van der Waals surface area contributed by atoms with Crippen LogP contribution in [0, 0.1) is 6.92 Å². The maximum absolute atomic E-state index is 10.5. The molecule has 0 saturated carbocycles. The summed E-state index contributed by atoms with van der Waals surface area (Å²) in [4.78, 5) is -0.0666. The van der Waals surface area contributed by atoms with Gasteiger partial charge in [0.15, 0.2) is 6.10 Å². The topological polar surface area (TPSA) is 105 Å². The highest BCUT2D eigenvalue weighted by atomic mass is 32.2. The molecular weight excluding hydrogens is 538 g/mol. The molecule has 212 valence electrons. The number of anilines is 1. The summed E-state index contributed by atoms with van der Waals surface area (Å²) in [5.74, 6) is 1.79. The molecule has 1 atom stereocenters. The summed E-state index contributed by atoms with van der Waals surface area (Å²) in [6.45, 7) is 8.33. The smallest absolute Gasteiger partial charge is 0.294 e. The van der Waals surface area contributed by atoms with Crippen LogP contribution in [0.15, 0.2) is 89.8 Å². The Kier molecular flexibility index (Phi) is 7.32. The molecule has 6 rings (SSSR count). The van der Waals surface area contributed by atoms with E-state index >= 15 is 0 Å². The Labute approximate surface area is 240 Å². The number of nitrogens with one attached hydrogen (secondary N) is 1. The van der Waals surface area contributed by atoms with Gasteiger partial charge in [-0.3, -0.25) is 4.55 Å². The summed E-state index contributed by atoms with van der Waals surface area (Å²) >= 11 is 0. The molecule has 3 N–H and O–H groups in total. The molecular formula is C33H33NO6S. The van der Waals surface area contributed by atoms with Crippen LogP contribution in [0.2, 0.25) is 0 Å². The van der Waals surface area contributed by atoms with Crippen LogP contribution in [0.5, 0.6) is 17.2 Å². The minimum absolute atomic E-state index is 0.0666. The second-order valence-electron chi connectivity index (χ2n) is 10.8. The third-order valence-corrected chi connectivity index (χ3v) is 8.02. The fourth-order valence-electron chi connectivity index (χ4n) is 5.50. The number of aryl methyl sites for hydroxylation is 1. The number of rotatable bonds is 3. The van der Waals surface area contributed by atoms with Crippen molar-refractivity contribution in [2.45, 2.75) is 44.2 Å². The third-order valence-electron chi connectivity index (χ3n) is 7.15. The predicted molar refractivity (Wildman–Crippen MR) is 161 cm³/mol. The SMILES string of the molecule is COc1cccc2c1-c1ccc3c(c1C(c1cccc(O)c1)O2)C(C)=CC(C)(C)N3.Cc1ccc(S(=O)(=O)O)cc1. The Morgan fingerprint density at radius 1 is 0.927 bits per heavy atom. The Bertz CT molecular complexity index is 1760. The monoisotopic (exact) mass is 571 g/mol. The van der Waals surface area contributed by atoms with Crippen molar-refractivity contribution in [2.75, 3.05) is 12.4 Å². The summed E-state index contributed by atoms with van der Waals surface area (Å²) < 4.78 is 41.8. The van der Waals surface area contributed by atoms with Crippen LogP contribution < -0.4 is 14.8 Å². The van der Waals surface area contributed by atoms with Gasteiger partial charge in [0, 0.05) is 22.4 Å². The number of aromatic hydroxyl groups is 1. The van der Waals surface area contributed by atoms with E-state index in [4.69, 9.17) is 14.0 Å². The third kappa shape index (κ3) is 5.66. The summed E-state index contributed by atoms with van der Waals surface area (Å²) in [6, 6.07) is 23.5. The fraction of sp³-hybridized carbons (Fsp3) is 0.212. The zero-order chi connectivity index (χ0) is 29.5. The maximum atomic E-state index is 10.5. The second-order valence-corrected chi connectivity index (χ2v) is 12.3. The van der Waals surface area contributed by atoms with Crippen molar-refractivity contribution < 1.29 is 27.6 Å². The van der Waals surface area contributed by atoms with Crippen molar-refractivity contribution in [1.82, 2.24) is 0 Å². The number of hydrogen-bond donors (Lipinski definition) is 3. The number of benzene rings is 4. The second kappa shape index (κ2) is 10.6. The molecule has 0 aliphatic carbocycles. The first-order chi connectivity index (χ1) is 19.4. The van der Waals surface area contributed by atoms with Crippen molar-refractivity contribution in [3.63, 3.8) is 0 Å². The molecule has 1 unspecified atom stereocenters. The molecule has 8 heteroatoms. The number of phenolic OH excluding ortho intramolecular Hbond substituents is 1. The lowest BCUT2D eigenvalue weighted by Gasteiger charge is -2.37. The maximum Gasteiger partial charge on any atom is 0.294 e. The summed E-state index contributed by atoms with van der Waals surface area (Å²) in [7, 11) is -2.33. The molecule has 4 aromatic rings. The standard InChI is InChI=1S/C26H25NO3.C7H8O3S/c1-15-14-26(2,3)27-19-12-11-18-23-20(29-4)9-6-10-21(23)30-25(24(18)22(15)19)16-7-5-8-17(28)13-16;1-6-2-4-7(5-3-6)11(8,9)10/h5-14,25,27-28H,1-4H3;2-5H,1H3,(H,8,9,10). The van der Waals surface area contributed by atoms with Crippen molar-refractivity contribution >= 4 is 21.4 Å². The van der Waals surface area contributed by atoms with Crippen LogP contribution in [0.25, 0.3) is 16.7 Å². The molecule has 7 nitrogen and oxygen atoms in total. The molecule has 0 aromatic heterocycles. The van der Waals surface area contributed by atoms with Crippen LogP contribution in [0.1, 0.15) is 49.1 Å². The van der Waals surface area contributed by atoms with Crippen LogP contribution in [-0.4, -0.2) is 30.7 Å². The molecule has 0 fully saturated rings. The van der Waals surface area contributed by atoms with E-state index in [1.807, 2.05) is 37.3 Å². The van der Waals surface area contributed by atoms with E-state index in [0.29, 0.717) is 0 Å². The van der Waals surface area contributed by atoms with Gasteiger partial charge in [0.05, 0.1) is 23.1 Å². The highest BCUT2D eigenvalue weighted by molar-refractivity contribution is 7.85. The number of phenols is 1. The Hall–Kier alpha value is -4.27. The van der Waals surface area contributed by atoms with E-state index < -0.39 is 10.1 Å². The Morgan fingerprint density at radius 2 is 1.63 bits per heavy atom. The van der Waals surface area contributed by atoms with E-state index in [1.54, 1.807) is 31.4 Å². The van der Waals surface area contributed by atoms with Gasteiger partial charge in [-0.25, -0.2) is 0 Å². The first-order valence-corrected chi connectivity index (χ1v) is 14.6. The van der Waals surface area contributed by atoms with Crippen molar-refractivity contribution in [3.05, 3.63) is 107 Å². The molecule has 2 aliphatic rings. The lowest BCUT2D eigenvalue weighted by molar-refractivity contribution is 0.241. The molecule has 0 bridgehead atoms. The minimum Gasteiger partial charge on any atom is -0.508 e. The number of ether oxygens (including phenoxy) is 2. The molecule has 0 radical (unpaired) electrons. The largest absolute Gasteiger partial charge is 0.508 e. The number of allylic oxidation sites excluding steroid dienone is 1. The normalized spacial score (nSPS) is 16.3. The fourth-order valence-corrected chi connectivity index (χ4v) is 5.98. The van der Waals surface area contributed by atoms with E-state index in [2.05, 4.69) is 44.3 Å². The summed E-state index contributed by atoms with van der Waals surface area (Å²) in [6.07, 6.45) is 1.92. The first-order valence-electron chi connectivity index (χ1n) is 13.2. The van der Waals surface area contributed by atoms with Crippen LogP contribution >= 0.6 is 0 Å². The average Bonchev–Trinajstić information content (AvgIpc) is 2.91. The van der Waals surface area contributed by atoms with Crippen LogP contribution in [0.4, 0.5) is 5.69 Å². The van der Waals surface area contributed by atoms with Crippen LogP contribution in [-0.2, 0) is 10.1 Å². The Morgan fingerprint density at radius 3 is 2.29 bits per heavy atom. The Balaban J connectivity index is 0.000000259. The van der Waals surface area contributed by atoms with E-state index in [-0.39, 0.29) is 22.3 Å². The summed E-state index contributed by atoms with van der Waals surface area (Å²) in [5.41, 5.74) is 8.33. The van der Waals surface area contributed by atoms with Gasteiger partial charge in [0.25, 0.3) is 10.1 Å². The van der Waals surface area contributed by atoms with Gasteiger partial charge >= 0.3 is 0 Å². The zero-order valence-corrected chi connectivity index (χ0v) is 24.4. The molecule has 0 amide bonds. The van der Waals surface area contributed by atoms with Gasteiger partial charge in [0.1, 0.15) is 17.2 Å². The van der Waals surface area contributed by atoms with Gasteiger partial charge in [-0.1, -0.05) is 48.0 Å². The van der Waals surface area contributed by atoms with Crippen LogP contribution in [0.3, 0.4) is 0 Å². The lowest BCUT2D eigenvalue weighted by Crippen LogP contribution is -2.32. The molecule has 0 spiro atoms. The zero-order valence-electron chi connectivity index (χ0n) is 23.6. The molecule has 0 saturated heterocycles. The highest BCUT2D eigenvalue weighted by Crippen LogP contribution is 2.53. The molecule has 2 heterocycles. The summed E-state index contributed by atoms with van der Waals surface area (Å²) in [5, 5.41) is 13.8. The van der Waals surface area contributed by atoms with Crippen molar-refractivity contribution in [1.29, 1.82) is 0 Å². The van der Waals surface area contributed by atoms with E-state index in [0.717, 1.165) is 50.6 Å². The number of hydrogen-bond acceptors (Lipinski definition) is 6. The molecule has 2 aliphatic heterocycles. The molecule has 41 heavy (non-hydrogen) atoms. The quantitative estimate of drug-likeness (QED) is 0.220. The van der Waals surface area contributed by atoms with Gasteiger partial charge in [-0.15, -0.1) is 0 Å².